The van der Waals surface area contributed by atoms with E-state index in [1.165, 1.54) is 18.9 Å². The summed E-state index contributed by atoms with van der Waals surface area (Å²) in [6.07, 6.45) is 1.75. The number of carbonyl (C=O) groups excluding carboxylic acids is 2. The van der Waals surface area contributed by atoms with Crippen LogP contribution in [0, 0.1) is 0 Å². The Morgan fingerprint density at radius 3 is 2.42 bits per heavy atom. The summed E-state index contributed by atoms with van der Waals surface area (Å²) in [5.41, 5.74) is 1.89. The number of esters is 1. The molecule has 1 N–H and O–H groups in total. The van der Waals surface area contributed by atoms with Crippen LogP contribution in [0.2, 0.25) is 0 Å². The molecule has 1 amide bonds. The van der Waals surface area contributed by atoms with Gasteiger partial charge in [-0.1, -0.05) is 17.8 Å². The van der Waals surface area contributed by atoms with Crippen LogP contribution in [-0.2, 0) is 16.1 Å². The average Bonchev–Trinajstić information content (AvgIpc) is 3.20. The van der Waals surface area contributed by atoms with Gasteiger partial charge in [0.2, 0.25) is 5.91 Å². The van der Waals surface area contributed by atoms with E-state index in [0.717, 1.165) is 11.3 Å². The molecule has 0 atom stereocenters. The number of amides is 1. The molecule has 0 saturated heterocycles. The van der Waals surface area contributed by atoms with Crippen molar-refractivity contribution in [2.45, 2.75) is 11.7 Å². The largest absolute Gasteiger partial charge is 0.497 e. The second kappa shape index (κ2) is 10.4. The first-order valence-corrected chi connectivity index (χ1v) is 10.3. The molecule has 0 aliphatic heterocycles. The molecule has 8 nitrogen and oxygen atoms in total. The lowest BCUT2D eigenvalue weighted by Crippen LogP contribution is -2.15. The molecule has 3 aromatic rings. The second-order valence-electron chi connectivity index (χ2n) is 6.34. The molecule has 0 saturated carbocycles. The van der Waals surface area contributed by atoms with Gasteiger partial charge in [-0.05, 0) is 48.5 Å². The Kier molecular flexibility index (Phi) is 7.45. The Hall–Kier alpha value is -3.59. The molecule has 160 valence electrons. The minimum atomic E-state index is -0.428. The first-order chi connectivity index (χ1) is 15.0. The quantitative estimate of drug-likeness (QED) is 0.309. The highest BCUT2D eigenvalue weighted by atomic mass is 32.2. The Morgan fingerprint density at radius 2 is 1.81 bits per heavy atom. The van der Waals surface area contributed by atoms with Gasteiger partial charge in [0.25, 0.3) is 0 Å². The number of allylic oxidation sites excluding steroid dienone is 1. The van der Waals surface area contributed by atoms with Gasteiger partial charge in [0.05, 0.1) is 25.5 Å². The van der Waals surface area contributed by atoms with E-state index >= 15 is 0 Å². The van der Waals surface area contributed by atoms with Crippen molar-refractivity contribution in [1.82, 2.24) is 14.8 Å². The van der Waals surface area contributed by atoms with Crippen LogP contribution >= 0.6 is 11.8 Å². The maximum atomic E-state index is 12.4. The predicted octanol–water partition coefficient (Wildman–Crippen LogP) is 3.66. The molecule has 0 radical (unpaired) electrons. The number of ether oxygens (including phenoxy) is 2. The van der Waals surface area contributed by atoms with E-state index in [1.807, 2.05) is 28.8 Å². The van der Waals surface area contributed by atoms with Crippen LogP contribution in [0.3, 0.4) is 0 Å². The number of aromatic nitrogens is 3. The summed E-state index contributed by atoms with van der Waals surface area (Å²) in [4.78, 5) is 23.8. The van der Waals surface area contributed by atoms with Gasteiger partial charge in [0.1, 0.15) is 5.75 Å². The summed E-state index contributed by atoms with van der Waals surface area (Å²) in [5, 5.41) is 11.9. The van der Waals surface area contributed by atoms with Crippen molar-refractivity contribution >= 4 is 29.3 Å². The number of anilines is 1. The third-order valence-electron chi connectivity index (χ3n) is 4.30. The molecule has 31 heavy (non-hydrogen) atoms. The van der Waals surface area contributed by atoms with E-state index in [2.05, 4.69) is 26.8 Å². The summed E-state index contributed by atoms with van der Waals surface area (Å²) in [5.74, 6) is 0.960. The fraction of sp³-hybridized carbons (Fsp3) is 0.182. The van der Waals surface area contributed by atoms with Gasteiger partial charge in [-0.2, -0.15) is 0 Å². The minimum Gasteiger partial charge on any atom is -0.497 e. The standard InChI is InChI=1S/C22H22N4O4S/c1-4-13-26-20(15-7-11-18(29-2)12-8-15)24-25-22(26)31-14-19(27)23-17-9-5-16(6-10-17)21(28)30-3/h4-12H,1,13-14H2,2-3H3,(H,23,27). The van der Waals surface area contributed by atoms with Crippen LogP contribution < -0.4 is 10.1 Å². The summed E-state index contributed by atoms with van der Waals surface area (Å²) >= 11 is 1.28. The van der Waals surface area contributed by atoms with Gasteiger partial charge in [-0.25, -0.2) is 4.79 Å². The zero-order chi connectivity index (χ0) is 22.2. The Balaban J connectivity index is 1.66. The minimum absolute atomic E-state index is 0.149. The number of benzene rings is 2. The maximum Gasteiger partial charge on any atom is 0.337 e. The van der Waals surface area contributed by atoms with E-state index in [1.54, 1.807) is 37.5 Å². The van der Waals surface area contributed by atoms with Crippen LogP contribution in [0.5, 0.6) is 5.75 Å². The Morgan fingerprint density at radius 1 is 1.10 bits per heavy atom. The van der Waals surface area contributed by atoms with Crippen LogP contribution in [0.4, 0.5) is 5.69 Å². The molecule has 1 aromatic heterocycles. The van der Waals surface area contributed by atoms with Gasteiger partial charge in [0, 0.05) is 17.8 Å². The maximum absolute atomic E-state index is 12.4. The molecular formula is C22H22N4O4S. The number of rotatable bonds is 9. The molecule has 3 rings (SSSR count). The van der Waals surface area contributed by atoms with Gasteiger partial charge in [0.15, 0.2) is 11.0 Å². The number of thioether (sulfide) groups is 1. The lowest BCUT2D eigenvalue weighted by molar-refractivity contribution is -0.113. The van der Waals surface area contributed by atoms with Gasteiger partial charge < -0.3 is 14.8 Å². The lowest BCUT2D eigenvalue weighted by Gasteiger charge is -2.09. The lowest BCUT2D eigenvalue weighted by atomic mass is 10.2. The molecule has 2 aromatic carbocycles. The topological polar surface area (TPSA) is 95.3 Å². The van der Waals surface area contributed by atoms with Crippen molar-refractivity contribution < 1.29 is 19.1 Å². The third kappa shape index (κ3) is 5.52. The Bertz CT molecular complexity index is 1060. The Labute approximate surface area is 184 Å². The van der Waals surface area contributed by atoms with E-state index in [0.29, 0.717) is 28.8 Å². The van der Waals surface area contributed by atoms with E-state index in [4.69, 9.17) is 4.74 Å². The fourth-order valence-corrected chi connectivity index (χ4v) is 3.53. The van der Waals surface area contributed by atoms with Crippen molar-refractivity contribution in [2.75, 3.05) is 25.3 Å². The van der Waals surface area contributed by atoms with Crippen molar-refractivity contribution in [1.29, 1.82) is 0 Å². The molecule has 0 fully saturated rings. The molecule has 0 spiro atoms. The number of hydrogen-bond acceptors (Lipinski definition) is 7. The molecule has 0 bridgehead atoms. The van der Waals surface area contributed by atoms with E-state index < -0.39 is 5.97 Å². The molecule has 9 heteroatoms. The third-order valence-corrected chi connectivity index (χ3v) is 5.27. The number of methoxy groups -OCH3 is 2. The number of nitrogens with zero attached hydrogens (tertiary/aromatic N) is 3. The molecule has 0 unspecified atom stereocenters. The van der Waals surface area contributed by atoms with Gasteiger partial charge in [-0.15, -0.1) is 16.8 Å². The number of nitrogens with one attached hydrogen (secondary N) is 1. The van der Waals surface area contributed by atoms with Crippen molar-refractivity contribution in [2.24, 2.45) is 0 Å². The van der Waals surface area contributed by atoms with Crippen molar-refractivity contribution in [3.05, 3.63) is 66.7 Å². The highest BCUT2D eigenvalue weighted by molar-refractivity contribution is 7.99. The number of carbonyl (C=O) groups is 2. The smallest absolute Gasteiger partial charge is 0.337 e. The summed E-state index contributed by atoms with van der Waals surface area (Å²) < 4.78 is 11.8. The SMILES string of the molecule is C=CCn1c(SCC(=O)Nc2ccc(C(=O)OC)cc2)nnc1-c1ccc(OC)cc1. The van der Waals surface area contributed by atoms with E-state index in [-0.39, 0.29) is 11.7 Å². The van der Waals surface area contributed by atoms with Crippen LogP contribution in [0.15, 0.2) is 66.3 Å². The van der Waals surface area contributed by atoms with Gasteiger partial charge in [-0.3, -0.25) is 9.36 Å². The summed E-state index contributed by atoms with van der Waals surface area (Å²) in [6, 6.07) is 14.0. The highest BCUT2D eigenvalue weighted by Gasteiger charge is 2.15. The first-order valence-electron chi connectivity index (χ1n) is 9.35. The summed E-state index contributed by atoms with van der Waals surface area (Å²) in [6.45, 7) is 4.30. The number of hydrogen-bond donors (Lipinski definition) is 1. The second-order valence-corrected chi connectivity index (χ2v) is 7.28. The monoisotopic (exact) mass is 438 g/mol. The van der Waals surface area contributed by atoms with E-state index in [9.17, 15) is 9.59 Å². The molecule has 0 aliphatic carbocycles. The average molecular weight is 439 g/mol. The van der Waals surface area contributed by atoms with Gasteiger partial charge >= 0.3 is 5.97 Å². The van der Waals surface area contributed by atoms with Crippen LogP contribution in [-0.4, -0.2) is 46.6 Å². The first kappa shape index (κ1) is 22.1. The normalized spacial score (nSPS) is 10.4. The summed E-state index contributed by atoms with van der Waals surface area (Å²) in [7, 11) is 2.93. The molecule has 1 heterocycles. The highest BCUT2D eigenvalue weighted by Crippen LogP contribution is 2.26. The van der Waals surface area contributed by atoms with Crippen molar-refractivity contribution in [3.8, 4) is 17.1 Å². The van der Waals surface area contributed by atoms with Crippen LogP contribution in [0.25, 0.3) is 11.4 Å². The fourth-order valence-electron chi connectivity index (χ4n) is 2.78. The predicted molar refractivity (Wildman–Crippen MR) is 119 cm³/mol. The van der Waals surface area contributed by atoms with Crippen molar-refractivity contribution in [3.63, 3.8) is 0 Å². The zero-order valence-corrected chi connectivity index (χ0v) is 18.0. The molecular weight excluding hydrogens is 416 g/mol. The molecule has 0 aliphatic rings. The van der Waals surface area contributed by atoms with Crippen LogP contribution in [0.1, 0.15) is 10.4 Å². The zero-order valence-electron chi connectivity index (χ0n) is 17.2.